The Morgan fingerprint density at radius 1 is 1.17 bits per heavy atom. The number of amides is 1. The first-order chi connectivity index (χ1) is 13.9. The van der Waals surface area contributed by atoms with Crippen LogP contribution in [0.4, 0.5) is 0 Å². The number of Topliss-reactive ketones (excluding diaryl/α,β-unsaturated/α-hetero) is 1. The number of hydrogen-bond donors (Lipinski definition) is 2. The van der Waals surface area contributed by atoms with Crippen LogP contribution >= 0.6 is 0 Å². The number of carboxylic acids is 1. The maximum Gasteiger partial charge on any atom is 0.335 e. The number of ketones is 1. The van der Waals surface area contributed by atoms with Crippen LogP contribution in [0.1, 0.15) is 35.2 Å². The zero-order valence-corrected chi connectivity index (χ0v) is 15.5. The van der Waals surface area contributed by atoms with Crippen LogP contribution in [0.15, 0.2) is 59.9 Å². The molecular weight excluding hydrogens is 370 g/mol. The second kappa shape index (κ2) is 6.91. The van der Waals surface area contributed by atoms with Gasteiger partial charge in [-0.05, 0) is 35.7 Å². The molecule has 0 bridgehead atoms. The summed E-state index contributed by atoms with van der Waals surface area (Å²) in [7, 11) is 0. The second-order valence-electron chi connectivity index (χ2n) is 7.14. The molecule has 2 aliphatic rings. The summed E-state index contributed by atoms with van der Waals surface area (Å²) in [5.41, 5.74) is 2.70. The van der Waals surface area contributed by atoms with Gasteiger partial charge in [0.2, 0.25) is 5.91 Å². The number of rotatable bonds is 3. The third-order valence-corrected chi connectivity index (χ3v) is 5.31. The quantitative estimate of drug-likeness (QED) is 0.784. The van der Waals surface area contributed by atoms with Crippen LogP contribution in [-0.4, -0.2) is 33.7 Å². The maximum absolute atomic E-state index is 12.6. The van der Waals surface area contributed by atoms with Gasteiger partial charge in [-0.15, -0.1) is 0 Å². The highest BCUT2D eigenvalue weighted by Crippen LogP contribution is 2.38. The molecule has 2 aromatic carbocycles. The summed E-state index contributed by atoms with van der Waals surface area (Å²) in [5.74, 6) is -1.96. The standard InChI is InChI=1S/C22H17N3O4/c1-12-9-17(26)19-18(21(27)24-20(19)25(12)11-23)14-7-5-13(6-8-14)15-3-2-4-16(10-15)22(28)29/h2-8,10,12,18H,9H2,1H3,(H,24,27)(H,28,29). The van der Waals surface area contributed by atoms with Gasteiger partial charge in [0.1, 0.15) is 5.82 Å². The van der Waals surface area contributed by atoms with E-state index in [1.54, 1.807) is 49.4 Å². The molecule has 2 unspecified atom stereocenters. The van der Waals surface area contributed by atoms with Gasteiger partial charge in [-0.3, -0.25) is 14.5 Å². The zero-order chi connectivity index (χ0) is 20.7. The highest BCUT2D eigenvalue weighted by atomic mass is 16.4. The Bertz CT molecular complexity index is 1110. The third kappa shape index (κ3) is 3.05. The number of nitriles is 1. The lowest BCUT2D eigenvalue weighted by Gasteiger charge is -2.29. The molecule has 2 N–H and O–H groups in total. The first-order valence-electron chi connectivity index (χ1n) is 9.11. The van der Waals surface area contributed by atoms with E-state index in [2.05, 4.69) is 5.32 Å². The lowest BCUT2D eigenvalue weighted by atomic mass is 9.85. The molecule has 29 heavy (non-hydrogen) atoms. The average molecular weight is 387 g/mol. The fraction of sp³-hybridized carbons (Fsp3) is 0.182. The van der Waals surface area contributed by atoms with E-state index >= 15 is 0 Å². The van der Waals surface area contributed by atoms with Gasteiger partial charge in [-0.2, -0.15) is 5.26 Å². The minimum Gasteiger partial charge on any atom is -0.478 e. The number of carboxylic acid groups (broad SMARTS) is 1. The van der Waals surface area contributed by atoms with Crippen LogP contribution < -0.4 is 5.32 Å². The largest absolute Gasteiger partial charge is 0.478 e. The number of carbonyl (C=O) groups excluding carboxylic acids is 2. The first-order valence-corrected chi connectivity index (χ1v) is 9.11. The van der Waals surface area contributed by atoms with E-state index in [0.29, 0.717) is 11.1 Å². The zero-order valence-electron chi connectivity index (χ0n) is 15.5. The van der Waals surface area contributed by atoms with E-state index in [9.17, 15) is 19.6 Å². The molecule has 4 rings (SSSR count). The van der Waals surface area contributed by atoms with Crippen molar-refractivity contribution < 1.29 is 19.5 Å². The van der Waals surface area contributed by atoms with Gasteiger partial charge in [-0.1, -0.05) is 36.4 Å². The van der Waals surface area contributed by atoms with Crippen molar-refractivity contribution in [3.05, 3.63) is 71.1 Å². The molecule has 0 aliphatic carbocycles. The SMILES string of the molecule is CC1CC(=O)C2=C(NC(=O)C2c2ccc(-c3cccc(C(=O)O)c3)cc2)N1C#N. The van der Waals surface area contributed by atoms with Crippen molar-refractivity contribution in [2.24, 2.45) is 0 Å². The van der Waals surface area contributed by atoms with Gasteiger partial charge in [0.05, 0.1) is 23.1 Å². The Kier molecular flexibility index (Phi) is 4.40. The summed E-state index contributed by atoms with van der Waals surface area (Å²) in [4.78, 5) is 37.8. The van der Waals surface area contributed by atoms with Crippen molar-refractivity contribution in [2.75, 3.05) is 0 Å². The third-order valence-electron chi connectivity index (χ3n) is 5.31. The number of aromatic carboxylic acids is 1. The van der Waals surface area contributed by atoms with Gasteiger partial charge in [0, 0.05) is 6.42 Å². The van der Waals surface area contributed by atoms with Crippen LogP contribution in [0.2, 0.25) is 0 Å². The van der Waals surface area contributed by atoms with Gasteiger partial charge < -0.3 is 10.4 Å². The van der Waals surface area contributed by atoms with Gasteiger partial charge in [0.15, 0.2) is 12.0 Å². The number of nitrogens with one attached hydrogen (secondary N) is 1. The van der Waals surface area contributed by atoms with Crippen molar-refractivity contribution in [1.82, 2.24) is 10.2 Å². The van der Waals surface area contributed by atoms with E-state index in [0.717, 1.165) is 11.1 Å². The fourth-order valence-electron chi connectivity index (χ4n) is 3.86. The van der Waals surface area contributed by atoms with Crippen LogP contribution in [-0.2, 0) is 9.59 Å². The molecule has 0 saturated heterocycles. The lowest BCUT2D eigenvalue weighted by Crippen LogP contribution is -2.39. The predicted molar refractivity (Wildman–Crippen MR) is 103 cm³/mol. The molecule has 0 aromatic heterocycles. The van der Waals surface area contributed by atoms with Crippen LogP contribution in [0.25, 0.3) is 11.1 Å². The summed E-state index contributed by atoms with van der Waals surface area (Å²) >= 11 is 0. The van der Waals surface area contributed by atoms with Crippen LogP contribution in [0.5, 0.6) is 0 Å². The predicted octanol–water partition coefficient (Wildman–Crippen LogP) is 2.62. The maximum atomic E-state index is 12.6. The minimum absolute atomic E-state index is 0.138. The second-order valence-corrected chi connectivity index (χ2v) is 7.14. The van der Waals surface area contributed by atoms with E-state index < -0.39 is 11.9 Å². The molecule has 144 valence electrons. The van der Waals surface area contributed by atoms with Crippen molar-refractivity contribution in [3.8, 4) is 17.3 Å². The lowest BCUT2D eigenvalue weighted by molar-refractivity contribution is -0.122. The van der Waals surface area contributed by atoms with Crippen molar-refractivity contribution in [1.29, 1.82) is 5.26 Å². The highest BCUT2D eigenvalue weighted by Gasteiger charge is 2.44. The number of nitrogens with zero attached hydrogens (tertiary/aromatic N) is 2. The number of benzene rings is 2. The summed E-state index contributed by atoms with van der Waals surface area (Å²) in [6, 6.07) is 13.4. The normalized spacial score (nSPS) is 20.9. The Labute approximate surface area is 166 Å². The van der Waals surface area contributed by atoms with Crippen LogP contribution in [0.3, 0.4) is 0 Å². The Morgan fingerprint density at radius 2 is 1.90 bits per heavy atom. The highest BCUT2D eigenvalue weighted by molar-refractivity contribution is 6.09. The van der Waals surface area contributed by atoms with E-state index in [1.807, 2.05) is 6.19 Å². The molecule has 7 nitrogen and oxygen atoms in total. The molecule has 1 amide bonds. The van der Waals surface area contributed by atoms with Crippen molar-refractivity contribution >= 4 is 17.7 Å². The molecule has 7 heteroatoms. The fourth-order valence-corrected chi connectivity index (χ4v) is 3.86. The summed E-state index contributed by atoms with van der Waals surface area (Å²) in [5, 5.41) is 21.2. The van der Waals surface area contributed by atoms with Crippen LogP contribution in [0, 0.1) is 11.5 Å². The van der Waals surface area contributed by atoms with Crippen molar-refractivity contribution in [2.45, 2.75) is 25.3 Å². The van der Waals surface area contributed by atoms with E-state index in [-0.39, 0.29) is 35.5 Å². The molecule has 0 fully saturated rings. The topological polar surface area (TPSA) is 110 Å². The molecule has 0 spiro atoms. The van der Waals surface area contributed by atoms with E-state index in [1.165, 1.54) is 11.0 Å². The Balaban J connectivity index is 1.70. The molecule has 2 aliphatic heterocycles. The number of carbonyl (C=O) groups is 3. The smallest absolute Gasteiger partial charge is 0.335 e. The Hall–Kier alpha value is -3.92. The van der Waals surface area contributed by atoms with Gasteiger partial charge >= 0.3 is 5.97 Å². The Morgan fingerprint density at radius 3 is 2.55 bits per heavy atom. The number of hydrogen-bond acceptors (Lipinski definition) is 5. The summed E-state index contributed by atoms with van der Waals surface area (Å²) < 4.78 is 0. The summed E-state index contributed by atoms with van der Waals surface area (Å²) in [6.45, 7) is 1.77. The van der Waals surface area contributed by atoms with E-state index in [4.69, 9.17) is 5.11 Å². The molecule has 0 radical (unpaired) electrons. The van der Waals surface area contributed by atoms with Crippen molar-refractivity contribution in [3.63, 3.8) is 0 Å². The molecule has 2 aromatic rings. The molecular formula is C22H17N3O4. The molecule has 0 saturated carbocycles. The monoisotopic (exact) mass is 387 g/mol. The first kappa shape index (κ1) is 18.4. The van der Waals surface area contributed by atoms with Gasteiger partial charge in [-0.25, -0.2) is 4.79 Å². The summed E-state index contributed by atoms with van der Waals surface area (Å²) in [6.07, 6.45) is 2.22. The molecule has 2 atom stereocenters. The minimum atomic E-state index is -1.00. The molecule has 2 heterocycles. The average Bonchev–Trinajstić information content (AvgIpc) is 3.05. The van der Waals surface area contributed by atoms with Gasteiger partial charge in [0.25, 0.3) is 0 Å².